The van der Waals surface area contributed by atoms with Gasteiger partial charge in [0.05, 0.1) is 6.04 Å². The third-order valence-corrected chi connectivity index (χ3v) is 4.92. The molecule has 0 fully saturated rings. The Balaban J connectivity index is 5.49. The average Bonchev–Trinajstić information content (AvgIpc) is 2.72. The van der Waals surface area contributed by atoms with Gasteiger partial charge in [0.2, 0.25) is 17.7 Å². The van der Waals surface area contributed by atoms with E-state index in [-0.39, 0.29) is 23.7 Å². The lowest BCUT2D eigenvalue weighted by Gasteiger charge is -2.27. The minimum atomic E-state index is -0.846. The van der Waals surface area contributed by atoms with Crippen LogP contribution in [-0.4, -0.2) is 60.6 Å². The van der Waals surface area contributed by atoms with Crippen molar-refractivity contribution < 1.29 is 19.2 Å². The van der Waals surface area contributed by atoms with Gasteiger partial charge in [-0.25, -0.2) is 10.2 Å². The monoisotopic (exact) mass is 483 g/mol. The molecule has 0 aromatic rings. The van der Waals surface area contributed by atoms with Gasteiger partial charge in [0.25, 0.3) is 0 Å². The number of primary amides is 1. The molecule has 4 atom stereocenters. The van der Waals surface area contributed by atoms with Gasteiger partial charge >= 0.3 is 6.03 Å². The van der Waals surface area contributed by atoms with Crippen LogP contribution in [0.5, 0.6) is 0 Å². The third kappa shape index (κ3) is 13.9. The molecule has 0 aliphatic carbocycles. The SMILES string of the molecule is CC[C@H](C)[C@H](NC(C)=O)C(=O)N[C@@H](CC(C)C)C(=O)N[C@H](/C=N/NC(N)=O)CCCN=C(N)N. The van der Waals surface area contributed by atoms with Gasteiger partial charge in [-0.1, -0.05) is 34.1 Å². The largest absolute Gasteiger partial charge is 0.370 e. The quantitative estimate of drug-likeness (QED) is 0.0687. The van der Waals surface area contributed by atoms with Gasteiger partial charge in [-0.2, -0.15) is 5.10 Å². The summed E-state index contributed by atoms with van der Waals surface area (Å²) in [6, 6.07) is -3.03. The first-order valence-corrected chi connectivity index (χ1v) is 11.4. The Kier molecular flexibility index (Phi) is 14.6. The molecule has 13 heteroatoms. The van der Waals surface area contributed by atoms with E-state index in [1.54, 1.807) is 0 Å². The minimum Gasteiger partial charge on any atom is -0.370 e. The molecule has 5 amide bonds. The van der Waals surface area contributed by atoms with Crippen LogP contribution in [0.25, 0.3) is 0 Å². The highest BCUT2D eigenvalue weighted by Gasteiger charge is 2.30. The molecule has 194 valence electrons. The van der Waals surface area contributed by atoms with E-state index in [0.29, 0.717) is 32.2 Å². The van der Waals surface area contributed by atoms with Gasteiger partial charge in [0.1, 0.15) is 12.1 Å². The molecule has 0 spiro atoms. The Morgan fingerprint density at radius 2 is 1.62 bits per heavy atom. The van der Waals surface area contributed by atoms with Crippen molar-refractivity contribution >= 4 is 35.9 Å². The number of nitrogens with two attached hydrogens (primary N) is 3. The smallest absolute Gasteiger partial charge is 0.332 e. The maximum Gasteiger partial charge on any atom is 0.332 e. The van der Waals surface area contributed by atoms with Gasteiger partial charge in [-0.15, -0.1) is 0 Å². The van der Waals surface area contributed by atoms with Crippen LogP contribution in [0.15, 0.2) is 10.1 Å². The molecule has 0 bridgehead atoms. The van der Waals surface area contributed by atoms with Crippen molar-refractivity contribution in [3.63, 3.8) is 0 Å². The van der Waals surface area contributed by atoms with E-state index in [1.807, 2.05) is 27.7 Å². The van der Waals surface area contributed by atoms with E-state index in [1.165, 1.54) is 13.1 Å². The predicted molar refractivity (Wildman–Crippen MR) is 131 cm³/mol. The van der Waals surface area contributed by atoms with E-state index in [2.05, 4.69) is 31.5 Å². The molecule has 10 N–H and O–H groups in total. The second kappa shape index (κ2) is 16.3. The van der Waals surface area contributed by atoms with Crippen LogP contribution in [0.4, 0.5) is 4.79 Å². The Morgan fingerprint density at radius 1 is 0.971 bits per heavy atom. The molecular weight excluding hydrogens is 442 g/mol. The lowest BCUT2D eigenvalue weighted by atomic mass is 9.96. The molecular formula is C21H41N9O4. The molecule has 0 aromatic carbocycles. The number of hydrogen-bond donors (Lipinski definition) is 7. The van der Waals surface area contributed by atoms with E-state index in [0.717, 1.165) is 0 Å². The standard InChI is InChI=1S/C21H41N9O4/c1-6-13(4)17(27-14(5)31)19(33)29-16(10-12(2)3)18(32)28-15(11-26-30-21(24)34)8-7-9-25-20(22)23/h11-13,15-17H,6-10H2,1-5H3,(H,27,31)(H,28,32)(H,29,33)(H4,22,23,25)(H3,24,30,34)/b26-11+/t13-,15-,16-,17-/m0/s1. The Labute approximate surface area is 201 Å². The number of carbonyl (C=O) groups is 4. The molecule has 0 heterocycles. The second-order valence-corrected chi connectivity index (χ2v) is 8.57. The maximum atomic E-state index is 13.1. The molecule has 0 rings (SSSR count). The average molecular weight is 484 g/mol. The number of hydrogen-bond acceptors (Lipinski definition) is 6. The first-order valence-electron chi connectivity index (χ1n) is 11.4. The number of rotatable bonds is 15. The molecule has 0 aromatic heterocycles. The van der Waals surface area contributed by atoms with Crippen LogP contribution in [0, 0.1) is 11.8 Å². The van der Waals surface area contributed by atoms with Crippen molar-refractivity contribution in [2.24, 2.45) is 39.1 Å². The molecule has 0 aliphatic rings. The molecule has 0 saturated carbocycles. The van der Waals surface area contributed by atoms with Crippen LogP contribution in [0.3, 0.4) is 0 Å². The number of amides is 5. The molecule has 0 saturated heterocycles. The van der Waals surface area contributed by atoms with Crippen molar-refractivity contribution in [3.05, 3.63) is 0 Å². The predicted octanol–water partition coefficient (Wildman–Crippen LogP) is -0.739. The topological polar surface area (TPSA) is 219 Å². The number of hydrazone groups is 1. The van der Waals surface area contributed by atoms with Crippen LogP contribution >= 0.6 is 0 Å². The lowest BCUT2D eigenvalue weighted by Crippen LogP contribution is -2.56. The first kappa shape index (κ1) is 30.6. The highest BCUT2D eigenvalue weighted by Crippen LogP contribution is 2.11. The van der Waals surface area contributed by atoms with E-state index in [4.69, 9.17) is 17.2 Å². The number of urea groups is 1. The fraction of sp³-hybridized carbons (Fsp3) is 0.714. The summed E-state index contributed by atoms with van der Waals surface area (Å²) < 4.78 is 0. The number of guanidine groups is 1. The van der Waals surface area contributed by atoms with Gasteiger partial charge in [-0.05, 0) is 31.1 Å². The first-order chi connectivity index (χ1) is 15.9. The zero-order valence-corrected chi connectivity index (χ0v) is 20.8. The fourth-order valence-corrected chi connectivity index (χ4v) is 3.06. The highest BCUT2D eigenvalue weighted by molar-refractivity contribution is 5.92. The summed E-state index contributed by atoms with van der Waals surface area (Å²) >= 11 is 0. The number of aliphatic imine (C=N–C) groups is 1. The van der Waals surface area contributed by atoms with Crippen LogP contribution in [-0.2, 0) is 14.4 Å². The highest BCUT2D eigenvalue weighted by atomic mass is 16.2. The van der Waals surface area contributed by atoms with Crippen molar-refractivity contribution in [1.29, 1.82) is 0 Å². The van der Waals surface area contributed by atoms with E-state index < -0.39 is 36.0 Å². The summed E-state index contributed by atoms with van der Waals surface area (Å²) in [7, 11) is 0. The van der Waals surface area contributed by atoms with Gasteiger partial charge < -0.3 is 33.2 Å². The van der Waals surface area contributed by atoms with Crippen LogP contribution in [0.1, 0.15) is 60.3 Å². The van der Waals surface area contributed by atoms with Crippen molar-refractivity contribution in [2.45, 2.75) is 78.4 Å². The summed E-state index contributed by atoms with van der Waals surface area (Å²) in [5.74, 6) is -1.25. The summed E-state index contributed by atoms with van der Waals surface area (Å²) in [5.41, 5.74) is 17.8. The number of carbonyl (C=O) groups excluding carboxylic acids is 4. The second-order valence-electron chi connectivity index (χ2n) is 8.57. The minimum absolute atomic E-state index is 0.0422. The Hall–Kier alpha value is -3.38. The number of nitrogens with zero attached hydrogens (tertiary/aromatic N) is 2. The van der Waals surface area contributed by atoms with Crippen molar-refractivity contribution in [2.75, 3.05) is 6.54 Å². The zero-order valence-electron chi connectivity index (χ0n) is 20.8. The summed E-state index contributed by atoms with van der Waals surface area (Å²) in [4.78, 5) is 52.4. The van der Waals surface area contributed by atoms with Crippen molar-refractivity contribution in [3.8, 4) is 0 Å². The summed E-state index contributed by atoms with van der Waals surface area (Å²) in [5, 5.41) is 12.0. The molecule has 34 heavy (non-hydrogen) atoms. The molecule has 0 aliphatic heterocycles. The van der Waals surface area contributed by atoms with E-state index >= 15 is 0 Å². The zero-order chi connectivity index (χ0) is 26.3. The third-order valence-electron chi connectivity index (χ3n) is 4.92. The Morgan fingerprint density at radius 3 is 2.12 bits per heavy atom. The Bertz CT molecular complexity index is 736. The van der Waals surface area contributed by atoms with Gasteiger partial charge in [-0.3, -0.25) is 19.4 Å². The van der Waals surface area contributed by atoms with Crippen molar-refractivity contribution in [1.82, 2.24) is 21.4 Å². The van der Waals surface area contributed by atoms with Gasteiger partial charge in [0, 0.05) is 19.7 Å². The fourth-order valence-electron chi connectivity index (χ4n) is 3.06. The van der Waals surface area contributed by atoms with E-state index in [9.17, 15) is 19.2 Å². The molecule has 0 unspecified atom stereocenters. The maximum absolute atomic E-state index is 13.1. The summed E-state index contributed by atoms with van der Waals surface area (Å²) in [6.07, 6.45) is 3.32. The molecule has 0 radical (unpaired) electrons. The number of nitrogens with one attached hydrogen (secondary N) is 4. The van der Waals surface area contributed by atoms with Crippen LogP contribution in [0.2, 0.25) is 0 Å². The summed E-state index contributed by atoms with van der Waals surface area (Å²) in [6.45, 7) is 9.30. The van der Waals surface area contributed by atoms with Gasteiger partial charge in [0.15, 0.2) is 5.96 Å². The molecule has 13 nitrogen and oxygen atoms in total. The lowest BCUT2D eigenvalue weighted by molar-refractivity contribution is -0.133. The van der Waals surface area contributed by atoms with Crippen LogP contribution < -0.4 is 38.6 Å². The normalized spacial score (nSPS) is 14.5.